The van der Waals surface area contributed by atoms with E-state index in [1.807, 2.05) is 0 Å². The standard InChI is InChI=1S/C10H10ClF3N4O2/c1-2-17-5-6(11)7(16-17)8(19)18-9(20,3-4-15-18)10(12,13)14/h4-5,20H,2-3H2,1H3. The maximum atomic E-state index is 12.9. The molecular weight excluding hydrogens is 301 g/mol. The third-order valence-corrected chi connectivity index (χ3v) is 3.09. The lowest BCUT2D eigenvalue weighted by Gasteiger charge is -2.32. The van der Waals surface area contributed by atoms with E-state index in [9.17, 15) is 23.1 Å². The average molecular weight is 311 g/mol. The summed E-state index contributed by atoms with van der Waals surface area (Å²) in [7, 11) is 0. The summed E-state index contributed by atoms with van der Waals surface area (Å²) in [4.78, 5) is 12.1. The van der Waals surface area contributed by atoms with Crippen LogP contribution in [0.2, 0.25) is 5.02 Å². The monoisotopic (exact) mass is 310 g/mol. The molecule has 0 fully saturated rings. The highest BCUT2D eigenvalue weighted by atomic mass is 35.5. The molecule has 1 unspecified atom stereocenters. The molecule has 1 amide bonds. The zero-order chi connectivity index (χ0) is 15.1. The second-order valence-electron chi connectivity index (χ2n) is 4.11. The van der Waals surface area contributed by atoms with E-state index in [1.54, 1.807) is 6.92 Å². The van der Waals surface area contributed by atoms with Crippen LogP contribution < -0.4 is 0 Å². The van der Waals surface area contributed by atoms with E-state index in [2.05, 4.69) is 10.2 Å². The molecule has 0 aliphatic carbocycles. The number of hydrogen-bond donors (Lipinski definition) is 1. The molecule has 0 saturated carbocycles. The van der Waals surface area contributed by atoms with Crippen LogP contribution in [0.25, 0.3) is 0 Å². The zero-order valence-corrected chi connectivity index (χ0v) is 11.0. The molecule has 6 nitrogen and oxygen atoms in total. The Morgan fingerprint density at radius 2 is 2.25 bits per heavy atom. The molecule has 1 atom stereocenters. The summed E-state index contributed by atoms with van der Waals surface area (Å²) in [5.41, 5.74) is -3.76. The molecule has 1 aliphatic rings. The van der Waals surface area contributed by atoms with Crippen molar-refractivity contribution >= 4 is 23.7 Å². The summed E-state index contributed by atoms with van der Waals surface area (Å²) >= 11 is 5.76. The number of hydrogen-bond acceptors (Lipinski definition) is 4. The molecule has 110 valence electrons. The smallest absolute Gasteiger partial charge is 0.362 e. The van der Waals surface area contributed by atoms with Gasteiger partial charge in [-0.15, -0.1) is 0 Å². The van der Waals surface area contributed by atoms with E-state index in [0.29, 0.717) is 6.54 Å². The van der Waals surface area contributed by atoms with E-state index in [0.717, 1.165) is 6.21 Å². The van der Waals surface area contributed by atoms with Crippen molar-refractivity contribution in [1.29, 1.82) is 0 Å². The van der Waals surface area contributed by atoms with Crippen LogP contribution in [0, 0.1) is 0 Å². The van der Waals surface area contributed by atoms with Crippen molar-refractivity contribution in [2.75, 3.05) is 0 Å². The Balaban J connectivity index is 2.37. The first kappa shape index (κ1) is 14.8. The minimum absolute atomic E-state index is 0.0405. The molecule has 10 heteroatoms. The number of carbonyl (C=O) groups excluding carboxylic acids is 1. The number of halogens is 4. The van der Waals surface area contributed by atoms with Crippen molar-refractivity contribution in [3.63, 3.8) is 0 Å². The quantitative estimate of drug-likeness (QED) is 0.902. The molecule has 2 heterocycles. The molecule has 0 spiro atoms. The first-order valence-electron chi connectivity index (χ1n) is 5.59. The van der Waals surface area contributed by atoms with Crippen LogP contribution in [0.1, 0.15) is 23.8 Å². The van der Waals surface area contributed by atoms with Crippen LogP contribution >= 0.6 is 11.6 Å². The summed E-state index contributed by atoms with van der Waals surface area (Å²) in [6.07, 6.45) is -3.76. The molecule has 20 heavy (non-hydrogen) atoms. The maximum Gasteiger partial charge on any atom is 0.438 e. The number of rotatable bonds is 2. The number of carbonyl (C=O) groups is 1. The van der Waals surface area contributed by atoms with Crippen molar-refractivity contribution in [3.05, 3.63) is 16.9 Å². The Hall–Kier alpha value is -1.61. The van der Waals surface area contributed by atoms with Gasteiger partial charge in [0.25, 0.3) is 11.6 Å². The third-order valence-electron chi connectivity index (χ3n) is 2.81. The lowest BCUT2D eigenvalue weighted by molar-refractivity contribution is -0.297. The topological polar surface area (TPSA) is 70.7 Å². The summed E-state index contributed by atoms with van der Waals surface area (Å²) in [5.74, 6) is -1.21. The summed E-state index contributed by atoms with van der Waals surface area (Å²) < 4.78 is 39.9. The lowest BCUT2D eigenvalue weighted by Crippen LogP contribution is -2.56. The minimum Gasteiger partial charge on any atom is -0.362 e. The fraction of sp³-hybridized carbons (Fsp3) is 0.500. The molecule has 1 aromatic rings. The first-order chi connectivity index (χ1) is 9.20. The van der Waals surface area contributed by atoms with Crippen LogP contribution in [0.3, 0.4) is 0 Å². The van der Waals surface area contributed by atoms with Crippen molar-refractivity contribution in [2.24, 2.45) is 5.10 Å². The van der Waals surface area contributed by atoms with Gasteiger partial charge >= 0.3 is 6.18 Å². The molecule has 0 bridgehead atoms. The SMILES string of the molecule is CCn1cc(Cl)c(C(=O)N2N=CCC2(O)C(F)(F)F)n1. The van der Waals surface area contributed by atoms with Crippen molar-refractivity contribution in [2.45, 2.75) is 31.8 Å². The molecule has 0 radical (unpaired) electrons. The maximum absolute atomic E-state index is 12.9. The van der Waals surface area contributed by atoms with Crippen molar-refractivity contribution < 1.29 is 23.1 Å². The van der Waals surface area contributed by atoms with Crippen LogP contribution in [0.15, 0.2) is 11.3 Å². The second kappa shape index (κ2) is 4.74. The van der Waals surface area contributed by atoms with Gasteiger partial charge in [0, 0.05) is 25.4 Å². The molecule has 1 aromatic heterocycles. The Morgan fingerprint density at radius 1 is 1.60 bits per heavy atom. The molecular formula is C10H10ClF3N4O2. The fourth-order valence-electron chi connectivity index (χ4n) is 1.69. The number of aromatic nitrogens is 2. The first-order valence-corrected chi connectivity index (χ1v) is 5.97. The van der Waals surface area contributed by atoms with Crippen LogP contribution in [0.5, 0.6) is 0 Å². The third kappa shape index (κ3) is 2.16. The molecule has 1 N–H and O–H groups in total. The summed E-state index contributed by atoms with van der Waals surface area (Å²) in [5, 5.41) is 16.6. The summed E-state index contributed by atoms with van der Waals surface area (Å²) in [6, 6.07) is 0. The second-order valence-corrected chi connectivity index (χ2v) is 4.52. The number of alkyl halides is 3. The number of nitrogens with zero attached hydrogens (tertiary/aromatic N) is 4. The van der Waals surface area contributed by atoms with Gasteiger partial charge in [-0.25, -0.2) is 0 Å². The van der Waals surface area contributed by atoms with E-state index < -0.39 is 29.9 Å². The van der Waals surface area contributed by atoms with E-state index in [-0.39, 0.29) is 10.0 Å². The minimum atomic E-state index is -5.04. The van der Waals surface area contributed by atoms with Gasteiger partial charge in [-0.1, -0.05) is 11.6 Å². The van der Waals surface area contributed by atoms with Gasteiger partial charge in [0.2, 0.25) is 0 Å². The Bertz CT molecular complexity index is 571. The number of hydrazone groups is 1. The number of amides is 1. The molecule has 0 saturated heterocycles. The highest BCUT2D eigenvalue weighted by Crippen LogP contribution is 2.39. The average Bonchev–Trinajstić information content (AvgIpc) is 2.92. The Kier molecular flexibility index (Phi) is 3.51. The zero-order valence-electron chi connectivity index (χ0n) is 10.2. The van der Waals surface area contributed by atoms with Crippen LogP contribution in [-0.4, -0.2) is 43.9 Å². The van der Waals surface area contributed by atoms with Crippen LogP contribution in [0.4, 0.5) is 13.2 Å². The highest BCUT2D eigenvalue weighted by Gasteiger charge is 2.62. The molecule has 2 rings (SSSR count). The number of aryl methyl sites for hydroxylation is 1. The van der Waals surface area contributed by atoms with Gasteiger partial charge in [0.1, 0.15) is 0 Å². The molecule has 1 aliphatic heterocycles. The lowest BCUT2D eigenvalue weighted by atomic mass is 10.1. The predicted octanol–water partition coefficient (Wildman–Crippen LogP) is 1.64. The van der Waals surface area contributed by atoms with E-state index >= 15 is 0 Å². The highest BCUT2D eigenvalue weighted by molar-refractivity contribution is 6.33. The van der Waals surface area contributed by atoms with Gasteiger partial charge in [-0.05, 0) is 6.92 Å². The Morgan fingerprint density at radius 3 is 2.75 bits per heavy atom. The largest absolute Gasteiger partial charge is 0.438 e. The summed E-state index contributed by atoms with van der Waals surface area (Å²) in [6.45, 7) is 2.11. The predicted molar refractivity (Wildman–Crippen MR) is 63.2 cm³/mol. The van der Waals surface area contributed by atoms with Crippen LogP contribution in [-0.2, 0) is 6.54 Å². The normalized spacial score (nSPS) is 22.6. The Labute approximate surface area is 116 Å². The fourth-order valence-corrected chi connectivity index (χ4v) is 1.92. The van der Waals surface area contributed by atoms with Gasteiger partial charge in [0.05, 0.1) is 5.02 Å². The van der Waals surface area contributed by atoms with E-state index in [4.69, 9.17) is 11.6 Å². The van der Waals surface area contributed by atoms with Gasteiger partial charge in [0.15, 0.2) is 5.69 Å². The van der Waals surface area contributed by atoms with E-state index in [1.165, 1.54) is 10.9 Å². The van der Waals surface area contributed by atoms with Crippen molar-refractivity contribution in [3.8, 4) is 0 Å². The van der Waals surface area contributed by atoms with Gasteiger partial charge in [-0.3, -0.25) is 9.48 Å². The number of aliphatic hydroxyl groups is 1. The van der Waals surface area contributed by atoms with Crippen molar-refractivity contribution in [1.82, 2.24) is 14.8 Å². The molecule has 0 aromatic carbocycles. The van der Waals surface area contributed by atoms with Gasteiger partial charge in [-0.2, -0.15) is 28.4 Å². The van der Waals surface area contributed by atoms with Gasteiger partial charge < -0.3 is 5.11 Å².